The van der Waals surface area contributed by atoms with Crippen molar-refractivity contribution in [2.45, 2.75) is 46.8 Å². The third-order valence-corrected chi connectivity index (χ3v) is 5.77. The molecule has 0 aliphatic rings. The minimum atomic E-state index is -0.505. The van der Waals surface area contributed by atoms with Crippen molar-refractivity contribution in [2.75, 3.05) is 5.32 Å². The van der Waals surface area contributed by atoms with Crippen LogP contribution in [0.2, 0.25) is 0 Å². The standard InChI is InChI=1S/C28H27FN6O3/c1-16-7-6-10-30-24(16)18-11-19-14-35(34-26(19)31-13-18)22-12-20(8-9-21(22)29)33-27(36)25-17(2)32-23(38-25)15-37-28(3,4)5/h6-14H,15H2,1-5H3,(H,33,36). The number of carbonyl (C=O) groups excluding carboxylic acids is 1. The van der Waals surface area contributed by atoms with E-state index in [1.54, 1.807) is 25.5 Å². The van der Waals surface area contributed by atoms with Crippen LogP contribution in [0.15, 0.2) is 59.4 Å². The number of hydrogen-bond acceptors (Lipinski definition) is 7. The summed E-state index contributed by atoms with van der Waals surface area (Å²) >= 11 is 0. The van der Waals surface area contributed by atoms with Gasteiger partial charge in [-0.3, -0.25) is 9.78 Å². The number of benzene rings is 1. The fraction of sp³-hybridized carbons (Fsp3) is 0.250. The summed E-state index contributed by atoms with van der Waals surface area (Å²) in [7, 11) is 0. The van der Waals surface area contributed by atoms with Gasteiger partial charge in [0.15, 0.2) is 5.65 Å². The SMILES string of the molecule is Cc1cccnc1-c1cnc2nn(-c3cc(NC(=O)c4oc(COC(C)(C)C)nc4C)ccc3F)cc2c1. The van der Waals surface area contributed by atoms with Crippen LogP contribution in [0.25, 0.3) is 28.0 Å². The van der Waals surface area contributed by atoms with E-state index in [1.165, 1.54) is 22.9 Å². The van der Waals surface area contributed by atoms with E-state index in [0.717, 1.165) is 22.2 Å². The lowest BCUT2D eigenvalue weighted by molar-refractivity contribution is -0.0245. The monoisotopic (exact) mass is 514 g/mol. The number of rotatable bonds is 6. The molecule has 0 saturated carbocycles. The van der Waals surface area contributed by atoms with E-state index in [2.05, 4.69) is 25.4 Å². The van der Waals surface area contributed by atoms with Crippen LogP contribution in [0.4, 0.5) is 10.1 Å². The van der Waals surface area contributed by atoms with Gasteiger partial charge < -0.3 is 14.5 Å². The smallest absolute Gasteiger partial charge is 0.293 e. The molecule has 1 N–H and O–H groups in total. The Hall–Kier alpha value is -4.44. The quantitative estimate of drug-likeness (QED) is 0.305. The fourth-order valence-corrected chi connectivity index (χ4v) is 3.91. The molecule has 0 radical (unpaired) electrons. The van der Waals surface area contributed by atoms with Gasteiger partial charge in [0.2, 0.25) is 11.7 Å². The van der Waals surface area contributed by atoms with E-state index in [1.807, 2.05) is 45.9 Å². The van der Waals surface area contributed by atoms with E-state index in [0.29, 0.717) is 22.9 Å². The molecule has 0 saturated heterocycles. The Labute approximate surface area is 218 Å². The summed E-state index contributed by atoms with van der Waals surface area (Å²) in [5.41, 5.74) is 3.72. The molecular weight excluding hydrogens is 487 g/mol. The van der Waals surface area contributed by atoms with E-state index in [4.69, 9.17) is 9.15 Å². The Balaban J connectivity index is 1.39. The van der Waals surface area contributed by atoms with Crippen molar-refractivity contribution in [1.29, 1.82) is 0 Å². The highest BCUT2D eigenvalue weighted by molar-refractivity contribution is 6.03. The Morgan fingerprint density at radius 1 is 1.16 bits per heavy atom. The Morgan fingerprint density at radius 3 is 2.74 bits per heavy atom. The third kappa shape index (κ3) is 5.30. The van der Waals surface area contributed by atoms with Crippen LogP contribution in [0.1, 0.15) is 48.5 Å². The van der Waals surface area contributed by atoms with Gasteiger partial charge in [0.05, 0.1) is 17.0 Å². The van der Waals surface area contributed by atoms with Crippen LogP contribution in [-0.2, 0) is 11.3 Å². The predicted octanol–water partition coefficient (Wildman–Crippen LogP) is 5.79. The number of aromatic nitrogens is 5. The molecule has 4 heterocycles. The van der Waals surface area contributed by atoms with Gasteiger partial charge >= 0.3 is 0 Å². The van der Waals surface area contributed by atoms with Crippen LogP contribution in [0, 0.1) is 19.7 Å². The number of aryl methyl sites for hydroxylation is 2. The number of hydrogen-bond donors (Lipinski definition) is 1. The topological polar surface area (TPSA) is 108 Å². The first kappa shape index (κ1) is 25.2. The van der Waals surface area contributed by atoms with Crippen molar-refractivity contribution < 1.29 is 18.3 Å². The summed E-state index contributed by atoms with van der Waals surface area (Å²) in [5.74, 6) is -0.639. The van der Waals surface area contributed by atoms with Gasteiger partial charge in [-0.1, -0.05) is 6.07 Å². The van der Waals surface area contributed by atoms with Crippen LogP contribution < -0.4 is 5.32 Å². The number of halogens is 1. The molecule has 4 aromatic heterocycles. The molecule has 0 aliphatic heterocycles. The fourth-order valence-electron chi connectivity index (χ4n) is 3.91. The maximum Gasteiger partial charge on any atom is 0.293 e. The second-order valence-electron chi connectivity index (χ2n) is 9.92. The lowest BCUT2D eigenvalue weighted by Gasteiger charge is -2.17. The highest BCUT2D eigenvalue weighted by Gasteiger charge is 2.20. The number of pyridine rings is 2. The summed E-state index contributed by atoms with van der Waals surface area (Å²) in [6, 6.07) is 10.0. The molecule has 0 spiro atoms. The Morgan fingerprint density at radius 2 is 1.97 bits per heavy atom. The van der Waals surface area contributed by atoms with Gasteiger partial charge in [0.25, 0.3) is 5.91 Å². The number of carbonyl (C=O) groups is 1. The molecule has 0 unspecified atom stereocenters. The van der Waals surface area contributed by atoms with Gasteiger partial charge in [-0.25, -0.2) is 19.0 Å². The number of amides is 1. The van der Waals surface area contributed by atoms with Gasteiger partial charge in [0.1, 0.15) is 18.1 Å². The molecule has 10 heteroatoms. The number of ether oxygens (including phenoxy) is 1. The normalized spacial score (nSPS) is 11.7. The number of fused-ring (bicyclic) bond motifs is 1. The summed E-state index contributed by atoms with van der Waals surface area (Å²) in [5, 5.41) is 7.90. The number of anilines is 1. The van der Waals surface area contributed by atoms with Crippen LogP contribution in [0.5, 0.6) is 0 Å². The maximum absolute atomic E-state index is 14.8. The number of nitrogens with one attached hydrogen (secondary N) is 1. The van der Waals surface area contributed by atoms with Crippen LogP contribution in [0.3, 0.4) is 0 Å². The molecule has 38 heavy (non-hydrogen) atoms. The molecule has 0 fully saturated rings. The lowest BCUT2D eigenvalue weighted by atomic mass is 10.1. The molecule has 5 aromatic rings. The second-order valence-corrected chi connectivity index (χ2v) is 9.92. The maximum atomic E-state index is 14.8. The molecular formula is C28H27FN6O3. The van der Waals surface area contributed by atoms with E-state index in [-0.39, 0.29) is 23.7 Å². The molecule has 0 bridgehead atoms. The van der Waals surface area contributed by atoms with Crippen molar-refractivity contribution in [1.82, 2.24) is 24.7 Å². The van der Waals surface area contributed by atoms with Crippen LogP contribution in [-0.4, -0.2) is 36.2 Å². The van der Waals surface area contributed by atoms with Crippen molar-refractivity contribution in [2.24, 2.45) is 0 Å². The minimum absolute atomic E-state index is 0.0646. The highest BCUT2D eigenvalue weighted by Crippen LogP contribution is 2.26. The van der Waals surface area contributed by atoms with Crippen LogP contribution >= 0.6 is 0 Å². The average Bonchev–Trinajstić information content (AvgIpc) is 3.46. The van der Waals surface area contributed by atoms with Gasteiger partial charge in [-0.2, -0.15) is 0 Å². The second kappa shape index (κ2) is 9.79. The summed E-state index contributed by atoms with van der Waals surface area (Å²) in [4.78, 5) is 26.1. The highest BCUT2D eigenvalue weighted by atomic mass is 19.1. The van der Waals surface area contributed by atoms with E-state index >= 15 is 0 Å². The predicted molar refractivity (Wildman–Crippen MR) is 141 cm³/mol. The summed E-state index contributed by atoms with van der Waals surface area (Å²) in [6.07, 6.45) is 5.12. The van der Waals surface area contributed by atoms with Crippen molar-refractivity contribution >= 4 is 22.6 Å². The first-order valence-electron chi connectivity index (χ1n) is 12.1. The lowest BCUT2D eigenvalue weighted by Crippen LogP contribution is -2.18. The van der Waals surface area contributed by atoms with Crippen molar-refractivity contribution in [3.05, 3.63) is 83.7 Å². The zero-order valence-electron chi connectivity index (χ0n) is 21.7. The van der Waals surface area contributed by atoms with E-state index in [9.17, 15) is 9.18 Å². The first-order chi connectivity index (χ1) is 18.1. The van der Waals surface area contributed by atoms with Crippen molar-refractivity contribution in [3.8, 4) is 16.9 Å². The largest absolute Gasteiger partial charge is 0.433 e. The van der Waals surface area contributed by atoms with Gasteiger partial charge in [-0.05, 0) is 70.5 Å². The molecule has 1 aromatic carbocycles. The van der Waals surface area contributed by atoms with Gasteiger partial charge in [0, 0.05) is 35.2 Å². The molecule has 1 amide bonds. The minimum Gasteiger partial charge on any atom is -0.433 e. The van der Waals surface area contributed by atoms with Gasteiger partial charge in [-0.15, -0.1) is 5.10 Å². The Bertz CT molecular complexity index is 1650. The molecule has 0 atom stereocenters. The van der Waals surface area contributed by atoms with Crippen molar-refractivity contribution in [3.63, 3.8) is 0 Å². The number of nitrogens with zero attached hydrogens (tertiary/aromatic N) is 5. The molecule has 9 nitrogen and oxygen atoms in total. The summed E-state index contributed by atoms with van der Waals surface area (Å²) in [6.45, 7) is 9.55. The summed E-state index contributed by atoms with van der Waals surface area (Å²) < 4.78 is 27.5. The average molecular weight is 515 g/mol. The third-order valence-electron chi connectivity index (χ3n) is 5.77. The zero-order chi connectivity index (χ0) is 27.0. The van der Waals surface area contributed by atoms with E-state index < -0.39 is 11.7 Å². The first-order valence-corrected chi connectivity index (χ1v) is 12.1. The molecule has 194 valence electrons. The molecule has 5 rings (SSSR count). The zero-order valence-corrected chi connectivity index (χ0v) is 21.7. The Kier molecular flexibility index (Phi) is 6.50. The molecule has 0 aliphatic carbocycles. The number of oxazole rings is 1.